The van der Waals surface area contributed by atoms with Crippen molar-refractivity contribution in [3.8, 4) is 5.88 Å². The largest absolute Gasteiger partial charge is 0.477 e. The number of carbonyl (C=O) groups excluding carboxylic acids is 1. The van der Waals surface area contributed by atoms with Crippen molar-refractivity contribution in [2.75, 3.05) is 26.3 Å². The van der Waals surface area contributed by atoms with E-state index < -0.39 is 0 Å². The molecule has 3 rings (SSSR count). The van der Waals surface area contributed by atoms with Crippen molar-refractivity contribution in [2.45, 2.75) is 38.2 Å². The Balaban J connectivity index is 1.51. The van der Waals surface area contributed by atoms with Crippen LogP contribution in [0.3, 0.4) is 0 Å². The van der Waals surface area contributed by atoms with E-state index in [9.17, 15) is 4.79 Å². The molecule has 120 valence electrons. The molecule has 0 bridgehead atoms. The Morgan fingerprint density at radius 1 is 1.50 bits per heavy atom. The quantitative estimate of drug-likeness (QED) is 0.809. The third-order valence-electron chi connectivity index (χ3n) is 4.68. The minimum absolute atomic E-state index is 0.184. The molecule has 5 heteroatoms. The summed E-state index contributed by atoms with van der Waals surface area (Å²) in [4.78, 5) is 18.1. The van der Waals surface area contributed by atoms with Gasteiger partial charge in [-0.1, -0.05) is 19.4 Å². The van der Waals surface area contributed by atoms with Crippen molar-refractivity contribution in [3.05, 3.63) is 24.4 Å². The molecule has 1 spiro atoms. The summed E-state index contributed by atoms with van der Waals surface area (Å²) in [6, 6.07) is 5.66. The Kier molecular flexibility index (Phi) is 4.62. The number of hydrogen-bond donors (Lipinski definition) is 0. The average molecular weight is 304 g/mol. The molecule has 0 aliphatic carbocycles. The molecule has 0 aromatic carbocycles. The third kappa shape index (κ3) is 3.09. The van der Waals surface area contributed by atoms with Crippen LogP contribution in [0, 0.1) is 5.92 Å². The van der Waals surface area contributed by atoms with Crippen molar-refractivity contribution in [1.29, 1.82) is 0 Å². The molecule has 0 saturated carbocycles. The number of unbranched alkanes of at least 4 members (excludes halogenated alkanes) is 1. The molecule has 2 fully saturated rings. The highest BCUT2D eigenvalue weighted by molar-refractivity contribution is 5.77. The summed E-state index contributed by atoms with van der Waals surface area (Å²) < 4.78 is 11.8. The fourth-order valence-electron chi connectivity index (χ4n) is 3.25. The number of carbonyl (C=O) groups is 1. The molecule has 1 aromatic heterocycles. The van der Waals surface area contributed by atoms with Crippen LogP contribution in [0.15, 0.2) is 24.4 Å². The maximum absolute atomic E-state index is 12.0. The van der Waals surface area contributed by atoms with Crippen molar-refractivity contribution >= 4 is 5.91 Å². The number of amides is 1. The van der Waals surface area contributed by atoms with Gasteiger partial charge in [-0.3, -0.25) is 4.79 Å². The van der Waals surface area contributed by atoms with Crippen LogP contribution in [0.4, 0.5) is 0 Å². The second-order valence-electron chi connectivity index (χ2n) is 6.23. The minimum Gasteiger partial charge on any atom is -0.477 e. The lowest BCUT2D eigenvalue weighted by Crippen LogP contribution is -2.66. The SMILES string of the molecule is CCCCC(=O)N1CC2(C1)OCC[C@H]2COc1ccccn1. The van der Waals surface area contributed by atoms with Crippen LogP contribution < -0.4 is 4.74 Å². The van der Waals surface area contributed by atoms with Crippen molar-refractivity contribution < 1.29 is 14.3 Å². The average Bonchev–Trinajstić information content (AvgIpc) is 2.94. The van der Waals surface area contributed by atoms with Gasteiger partial charge in [-0.2, -0.15) is 0 Å². The standard InChI is InChI=1S/C17H24N2O3/c1-2-3-7-16(20)19-12-17(13-19)14(8-10-22-17)11-21-15-6-4-5-9-18-15/h4-6,9,14H,2-3,7-8,10-13H2,1H3/t14-/m0/s1. The van der Waals surface area contributed by atoms with Crippen LogP contribution in [0.5, 0.6) is 5.88 Å². The topological polar surface area (TPSA) is 51.7 Å². The number of likely N-dealkylation sites (tertiary alicyclic amines) is 1. The monoisotopic (exact) mass is 304 g/mol. The molecular formula is C17H24N2O3. The second-order valence-corrected chi connectivity index (χ2v) is 6.23. The summed E-state index contributed by atoms with van der Waals surface area (Å²) in [5.74, 6) is 1.25. The Morgan fingerprint density at radius 2 is 2.36 bits per heavy atom. The van der Waals surface area contributed by atoms with Crippen molar-refractivity contribution in [2.24, 2.45) is 5.92 Å². The summed E-state index contributed by atoms with van der Waals surface area (Å²) in [5.41, 5.74) is -0.184. The molecule has 0 N–H and O–H groups in total. The number of pyridine rings is 1. The summed E-state index contributed by atoms with van der Waals surface area (Å²) in [6.07, 6.45) is 5.40. The number of aromatic nitrogens is 1. The molecule has 1 atom stereocenters. The molecule has 22 heavy (non-hydrogen) atoms. The zero-order chi connectivity index (χ0) is 15.4. The Labute approximate surface area is 131 Å². The minimum atomic E-state index is -0.184. The van der Waals surface area contributed by atoms with E-state index in [1.165, 1.54) is 0 Å². The first-order chi connectivity index (χ1) is 10.7. The lowest BCUT2D eigenvalue weighted by Gasteiger charge is -2.50. The van der Waals surface area contributed by atoms with E-state index in [-0.39, 0.29) is 11.5 Å². The van der Waals surface area contributed by atoms with Gasteiger partial charge in [-0.25, -0.2) is 4.98 Å². The van der Waals surface area contributed by atoms with Gasteiger partial charge < -0.3 is 14.4 Å². The zero-order valence-electron chi connectivity index (χ0n) is 13.2. The Morgan fingerprint density at radius 3 is 3.09 bits per heavy atom. The molecule has 5 nitrogen and oxygen atoms in total. The Hall–Kier alpha value is -1.62. The van der Waals surface area contributed by atoms with Crippen LogP contribution in [-0.2, 0) is 9.53 Å². The highest BCUT2D eigenvalue weighted by atomic mass is 16.5. The number of rotatable bonds is 6. The number of hydrogen-bond acceptors (Lipinski definition) is 4. The highest BCUT2D eigenvalue weighted by Gasteiger charge is 2.54. The lowest BCUT2D eigenvalue weighted by molar-refractivity contribution is -0.167. The zero-order valence-corrected chi connectivity index (χ0v) is 13.2. The van der Waals surface area contributed by atoms with E-state index in [1.807, 2.05) is 23.1 Å². The smallest absolute Gasteiger partial charge is 0.222 e. The molecule has 2 aliphatic rings. The summed E-state index contributed by atoms with van der Waals surface area (Å²) in [5, 5.41) is 0. The van der Waals surface area contributed by atoms with Gasteiger partial charge in [0.05, 0.1) is 19.7 Å². The maximum Gasteiger partial charge on any atom is 0.222 e. The van der Waals surface area contributed by atoms with E-state index in [2.05, 4.69) is 11.9 Å². The first kappa shape index (κ1) is 15.3. The van der Waals surface area contributed by atoms with Crippen LogP contribution in [0.1, 0.15) is 32.6 Å². The third-order valence-corrected chi connectivity index (χ3v) is 4.68. The molecular weight excluding hydrogens is 280 g/mol. The van der Waals surface area contributed by atoms with Gasteiger partial charge in [0.25, 0.3) is 0 Å². The van der Waals surface area contributed by atoms with Gasteiger partial charge in [-0.05, 0) is 18.9 Å². The normalized spacial score (nSPS) is 22.6. The predicted molar refractivity (Wildman–Crippen MR) is 82.6 cm³/mol. The van der Waals surface area contributed by atoms with Gasteiger partial charge in [0.1, 0.15) is 5.60 Å². The molecule has 3 heterocycles. The van der Waals surface area contributed by atoms with Gasteiger partial charge in [0.15, 0.2) is 0 Å². The highest BCUT2D eigenvalue weighted by Crippen LogP contribution is 2.40. The first-order valence-corrected chi connectivity index (χ1v) is 8.19. The fraction of sp³-hybridized carbons (Fsp3) is 0.647. The van der Waals surface area contributed by atoms with Crippen LogP contribution >= 0.6 is 0 Å². The van der Waals surface area contributed by atoms with Gasteiger partial charge in [-0.15, -0.1) is 0 Å². The fourth-order valence-corrected chi connectivity index (χ4v) is 3.25. The van der Waals surface area contributed by atoms with E-state index in [1.54, 1.807) is 6.20 Å². The van der Waals surface area contributed by atoms with E-state index in [4.69, 9.17) is 9.47 Å². The number of ether oxygens (including phenoxy) is 2. The first-order valence-electron chi connectivity index (χ1n) is 8.19. The van der Waals surface area contributed by atoms with Crippen LogP contribution in [0.25, 0.3) is 0 Å². The van der Waals surface area contributed by atoms with Crippen molar-refractivity contribution in [3.63, 3.8) is 0 Å². The molecule has 0 unspecified atom stereocenters. The van der Waals surface area contributed by atoms with E-state index >= 15 is 0 Å². The summed E-state index contributed by atoms with van der Waals surface area (Å²) >= 11 is 0. The maximum atomic E-state index is 12.0. The predicted octanol–water partition coefficient (Wildman–Crippen LogP) is 2.27. The molecule has 1 amide bonds. The van der Waals surface area contributed by atoms with Crippen LogP contribution in [0.2, 0.25) is 0 Å². The van der Waals surface area contributed by atoms with Gasteiger partial charge in [0, 0.05) is 31.2 Å². The Bertz CT molecular complexity index is 500. The van der Waals surface area contributed by atoms with Crippen molar-refractivity contribution in [1.82, 2.24) is 9.88 Å². The van der Waals surface area contributed by atoms with Gasteiger partial charge >= 0.3 is 0 Å². The lowest BCUT2D eigenvalue weighted by atomic mass is 9.81. The van der Waals surface area contributed by atoms with Gasteiger partial charge in [0.2, 0.25) is 11.8 Å². The van der Waals surface area contributed by atoms with E-state index in [0.717, 1.165) is 25.9 Å². The molecule has 1 aromatic rings. The number of nitrogens with zero attached hydrogens (tertiary/aromatic N) is 2. The molecule has 0 radical (unpaired) electrons. The van der Waals surface area contributed by atoms with Crippen LogP contribution in [-0.4, -0.2) is 47.7 Å². The molecule has 2 aliphatic heterocycles. The summed E-state index contributed by atoms with van der Waals surface area (Å²) in [7, 11) is 0. The molecule has 2 saturated heterocycles. The second kappa shape index (κ2) is 6.65. The summed E-state index contributed by atoms with van der Waals surface area (Å²) in [6.45, 7) is 4.90. The van der Waals surface area contributed by atoms with E-state index in [0.29, 0.717) is 37.9 Å².